The summed E-state index contributed by atoms with van der Waals surface area (Å²) in [5.74, 6) is -0.937. The Hall–Kier alpha value is -1.88. The van der Waals surface area contributed by atoms with Gasteiger partial charge in [-0.2, -0.15) is 0 Å². The number of hydrogen-bond donors (Lipinski definition) is 1. The zero-order valence-corrected chi connectivity index (χ0v) is 14.9. The fraction of sp³-hybridized carbons (Fsp3) is 0.500. The van der Waals surface area contributed by atoms with E-state index in [0.29, 0.717) is 29.1 Å². The highest BCUT2D eigenvalue weighted by Gasteiger charge is 2.75. The number of ether oxygens (including phenoxy) is 1. The third-order valence-corrected chi connectivity index (χ3v) is 6.29. The third kappa shape index (κ3) is 1.97. The Bertz CT molecular complexity index is 772. The number of anilines is 1. The number of Topliss-reactive ketones (excluding diaryl/α,β-unsaturated/α-hetero) is 1. The average Bonchev–Trinajstić information content (AvgIpc) is 2.79. The molecule has 2 atom stereocenters. The molecule has 128 valence electrons. The molecule has 6 heteroatoms. The molecule has 1 aliphatic carbocycles. The van der Waals surface area contributed by atoms with Gasteiger partial charge in [0.25, 0.3) is 5.91 Å². The van der Waals surface area contributed by atoms with Crippen molar-refractivity contribution in [2.45, 2.75) is 46.1 Å². The summed E-state index contributed by atoms with van der Waals surface area (Å²) in [6, 6.07) is 4.71. The number of amides is 1. The maximum atomic E-state index is 13.0. The molecule has 1 heterocycles. The van der Waals surface area contributed by atoms with Gasteiger partial charge in [0, 0.05) is 16.0 Å². The van der Waals surface area contributed by atoms with Crippen LogP contribution in [-0.2, 0) is 14.3 Å². The Balaban J connectivity index is 1.98. The van der Waals surface area contributed by atoms with E-state index in [2.05, 4.69) is 5.32 Å². The molecule has 24 heavy (non-hydrogen) atoms. The van der Waals surface area contributed by atoms with Gasteiger partial charge in [-0.25, -0.2) is 0 Å². The summed E-state index contributed by atoms with van der Waals surface area (Å²) in [7, 11) is 0. The summed E-state index contributed by atoms with van der Waals surface area (Å²) in [6.07, 6.45) is 1.07. The Morgan fingerprint density at radius 2 is 1.88 bits per heavy atom. The van der Waals surface area contributed by atoms with Crippen molar-refractivity contribution in [1.29, 1.82) is 0 Å². The Kier molecular flexibility index (Phi) is 3.57. The summed E-state index contributed by atoms with van der Waals surface area (Å²) >= 11 is 5.93. The van der Waals surface area contributed by atoms with E-state index in [1.807, 2.05) is 20.8 Å². The molecule has 1 aromatic carbocycles. The standard InChI is InChI=1S/C18H20ClNO4/c1-10(21)12-9-11(19)5-6-13(12)20-14(22)18-8-7-17(4,15(23)24-18)16(18,2)3/h5-6,9H,7-8H2,1-4H3,(H,20,22). The van der Waals surface area contributed by atoms with Gasteiger partial charge in [0.15, 0.2) is 11.4 Å². The fourth-order valence-electron chi connectivity index (χ4n) is 3.89. The second kappa shape index (κ2) is 5.06. The summed E-state index contributed by atoms with van der Waals surface area (Å²) in [6.45, 7) is 7.03. The van der Waals surface area contributed by atoms with Gasteiger partial charge < -0.3 is 10.1 Å². The first-order valence-corrected chi connectivity index (χ1v) is 8.28. The molecule has 0 radical (unpaired) electrons. The molecule has 1 saturated carbocycles. The van der Waals surface area contributed by atoms with Gasteiger partial charge in [-0.15, -0.1) is 0 Å². The maximum absolute atomic E-state index is 13.0. The van der Waals surface area contributed by atoms with Gasteiger partial charge in [0.05, 0.1) is 11.1 Å². The van der Waals surface area contributed by atoms with E-state index < -0.39 is 22.3 Å². The minimum atomic E-state index is -1.22. The summed E-state index contributed by atoms with van der Waals surface area (Å²) in [5.41, 5.74) is -1.82. The van der Waals surface area contributed by atoms with E-state index in [4.69, 9.17) is 16.3 Å². The average molecular weight is 350 g/mol. The highest BCUT2D eigenvalue weighted by molar-refractivity contribution is 6.31. The third-order valence-electron chi connectivity index (χ3n) is 6.06. The van der Waals surface area contributed by atoms with Crippen molar-refractivity contribution in [3.05, 3.63) is 28.8 Å². The highest BCUT2D eigenvalue weighted by atomic mass is 35.5. The molecule has 5 nitrogen and oxygen atoms in total. The fourth-order valence-corrected chi connectivity index (χ4v) is 4.06. The van der Waals surface area contributed by atoms with Crippen molar-refractivity contribution >= 4 is 34.9 Å². The van der Waals surface area contributed by atoms with Crippen LogP contribution in [0.4, 0.5) is 5.69 Å². The van der Waals surface area contributed by atoms with Crippen LogP contribution in [0.3, 0.4) is 0 Å². The molecule has 1 aromatic rings. The van der Waals surface area contributed by atoms with E-state index in [0.717, 1.165) is 0 Å². The summed E-state index contributed by atoms with van der Waals surface area (Å²) in [4.78, 5) is 37.1. The highest BCUT2D eigenvalue weighted by Crippen LogP contribution is 2.65. The van der Waals surface area contributed by atoms with E-state index >= 15 is 0 Å². The zero-order chi connectivity index (χ0) is 17.9. The van der Waals surface area contributed by atoms with E-state index in [-0.39, 0.29) is 11.8 Å². The predicted octanol–water partition coefficient (Wildman–Crippen LogP) is 3.60. The van der Waals surface area contributed by atoms with Crippen molar-refractivity contribution in [1.82, 2.24) is 0 Å². The zero-order valence-electron chi connectivity index (χ0n) is 14.2. The minimum Gasteiger partial charge on any atom is -0.448 e. The van der Waals surface area contributed by atoms with Crippen molar-refractivity contribution in [3.63, 3.8) is 0 Å². The second-order valence-electron chi connectivity index (χ2n) is 7.37. The molecule has 1 N–H and O–H groups in total. The van der Waals surface area contributed by atoms with Crippen molar-refractivity contribution in [3.8, 4) is 0 Å². The molecular weight excluding hydrogens is 330 g/mol. The second-order valence-corrected chi connectivity index (χ2v) is 7.81. The van der Waals surface area contributed by atoms with Crippen molar-refractivity contribution < 1.29 is 19.1 Å². The lowest BCUT2D eigenvalue weighted by Gasteiger charge is -2.35. The molecule has 0 spiro atoms. The largest absolute Gasteiger partial charge is 0.448 e. The lowest BCUT2D eigenvalue weighted by molar-refractivity contribution is -0.165. The number of ketones is 1. The Morgan fingerprint density at radius 1 is 1.21 bits per heavy atom. The van der Waals surface area contributed by atoms with Crippen LogP contribution >= 0.6 is 11.6 Å². The molecule has 3 rings (SSSR count). The normalized spacial score (nSPS) is 30.1. The molecule has 0 aromatic heterocycles. The lowest BCUT2D eigenvalue weighted by atomic mass is 9.66. The number of halogens is 1. The van der Waals surface area contributed by atoms with Gasteiger partial charge in [-0.3, -0.25) is 14.4 Å². The molecule has 2 fully saturated rings. The molecular formula is C18H20ClNO4. The van der Waals surface area contributed by atoms with Crippen LogP contribution in [0.5, 0.6) is 0 Å². The van der Waals surface area contributed by atoms with Crippen molar-refractivity contribution in [2.75, 3.05) is 5.32 Å². The van der Waals surface area contributed by atoms with Crippen LogP contribution in [0.25, 0.3) is 0 Å². The van der Waals surface area contributed by atoms with Crippen LogP contribution in [0.2, 0.25) is 5.02 Å². The first kappa shape index (κ1) is 17.0. The first-order valence-electron chi connectivity index (χ1n) is 7.90. The van der Waals surface area contributed by atoms with Crippen LogP contribution in [0, 0.1) is 10.8 Å². The van der Waals surface area contributed by atoms with Crippen LogP contribution in [-0.4, -0.2) is 23.3 Å². The molecule has 2 aliphatic rings. The number of carbonyl (C=O) groups excluding carboxylic acids is 3. The maximum Gasteiger partial charge on any atom is 0.313 e. The molecule has 2 bridgehead atoms. The van der Waals surface area contributed by atoms with Gasteiger partial charge in [0.1, 0.15) is 0 Å². The number of esters is 1. The number of hydrogen-bond acceptors (Lipinski definition) is 4. The first-order chi connectivity index (χ1) is 11.0. The van der Waals surface area contributed by atoms with Gasteiger partial charge >= 0.3 is 5.97 Å². The SMILES string of the molecule is CC(=O)c1cc(Cl)ccc1NC(=O)C12CCC(C)(C(=O)O1)C2(C)C. The number of rotatable bonds is 3. The topological polar surface area (TPSA) is 72.5 Å². The number of fused-ring (bicyclic) bond motifs is 2. The molecule has 1 saturated heterocycles. The number of nitrogens with one attached hydrogen (secondary N) is 1. The smallest absolute Gasteiger partial charge is 0.313 e. The van der Waals surface area contributed by atoms with Gasteiger partial charge in [0.2, 0.25) is 0 Å². The minimum absolute atomic E-state index is 0.204. The van der Waals surface area contributed by atoms with Gasteiger partial charge in [-0.1, -0.05) is 25.4 Å². The summed E-state index contributed by atoms with van der Waals surface area (Å²) < 4.78 is 5.56. The number of benzene rings is 1. The monoisotopic (exact) mass is 349 g/mol. The van der Waals surface area contributed by atoms with Crippen molar-refractivity contribution in [2.24, 2.45) is 10.8 Å². The Labute approximate surface area is 145 Å². The quantitative estimate of drug-likeness (QED) is 0.668. The lowest BCUT2D eigenvalue weighted by Crippen LogP contribution is -2.50. The predicted molar refractivity (Wildman–Crippen MR) is 90.0 cm³/mol. The van der Waals surface area contributed by atoms with E-state index in [1.54, 1.807) is 12.1 Å². The van der Waals surface area contributed by atoms with E-state index in [1.165, 1.54) is 13.0 Å². The summed E-state index contributed by atoms with van der Waals surface area (Å²) in [5, 5.41) is 3.19. The van der Waals surface area contributed by atoms with E-state index in [9.17, 15) is 14.4 Å². The van der Waals surface area contributed by atoms with Crippen LogP contribution in [0.15, 0.2) is 18.2 Å². The molecule has 1 aliphatic heterocycles. The van der Waals surface area contributed by atoms with Crippen LogP contribution in [0.1, 0.15) is 50.9 Å². The molecule has 1 amide bonds. The Morgan fingerprint density at radius 3 is 2.38 bits per heavy atom. The number of carbonyl (C=O) groups is 3. The van der Waals surface area contributed by atoms with Gasteiger partial charge in [-0.05, 0) is 44.9 Å². The van der Waals surface area contributed by atoms with Crippen LogP contribution < -0.4 is 5.32 Å². The molecule has 2 unspecified atom stereocenters.